The first-order valence-corrected chi connectivity index (χ1v) is 8.62. The number of hydrogen-bond donors (Lipinski definition) is 2. The molecule has 1 amide bonds. The van der Waals surface area contributed by atoms with Crippen LogP contribution in [0.15, 0.2) is 34.6 Å². The predicted molar refractivity (Wildman–Crippen MR) is 98.5 cm³/mol. The average molecular weight is 399 g/mol. The molecule has 0 saturated heterocycles. The second kappa shape index (κ2) is 8.47. The first-order chi connectivity index (χ1) is 12.0. The molecule has 26 heavy (non-hydrogen) atoms. The highest BCUT2D eigenvalue weighted by molar-refractivity contribution is 7.99. The Labute approximate surface area is 160 Å². The third-order valence-electron chi connectivity index (χ3n) is 4.05. The van der Waals surface area contributed by atoms with Crippen LogP contribution in [-0.2, 0) is 7.05 Å². The van der Waals surface area contributed by atoms with Crippen molar-refractivity contribution in [3.63, 3.8) is 0 Å². The topological polar surface area (TPSA) is 129 Å². The van der Waals surface area contributed by atoms with Crippen molar-refractivity contribution in [1.82, 2.24) is 20.1 Å². The van der Waals surface area contributed by atoms with Gasteiger partial charge in [-0.3, -0.25) is 14.9 Å². The number of carbonyl (C=O) groups is 1. The van der Waals surface area contributed by atoms with E-state index >= 15 is 0 Å². The summed E-state index contributed by atoms with van der Waals surface area (Å²) in [7, 11) is 1.75. The van der Waals surface area contributed by atoms with Crippen molar-refractivity contribution >= 4 is 35.8 Å². The van der Waals surface area contributed by atoms with Crippen LogP contribution in [-0.4, -0.2) is 38.2 Å². The van der Waals surface area contributed by atoms with Gasteiger partial charge >= 0.3 is 0 Å². The maximum absolute atomic E-state index is 12.4. The molecule has 140 valence electrons. The number of halogens is 1. The van der Waals surface area contributed by atoms with Crippen LogP contribution in [0, 0.1) is 16.0 Å². The molecule has 1 aromatic heterocycles. The Bertz CT molecular complexity index is 810. The Morgan fingerprint density at radius 2 is 2.27 bits per heavy atom. The molecule has 1 unspecified atom stereocenters. The van der Waals surface area contributed by atoms with E-state index in [0.717, 1.165) is 24.6 Å². The number of nitro benzene ring substituents is 1. The molecule has 1 aliphatic carbocycles. The molecule has 11 heteroatoms. The fraction of sp³-hybridized carbons (Fsp3) is 0.400. The fourth-order valence-corrected chi connectivity index (χ4v) is 3.32. The van der Waals surface area contributed by atoms with E-state index in [-0.39, 0.29) is 35.6 Å². The SMILES string of the molecule is Cl.Cn1cnnc1Sc1ccc(C(=O)NC(CN)C2CC2)cc1[N+](=O)[O-]. The Balaban J connectivity index is 0.00000243. The molecule has 1 saturated carbocycles. The summed E-state index contributed by atoms with van der Waals surface area (Å²) in [6, 6.07) is 4.33. The minimum absolute atomic E-state index is 0. The number of carbonyl (C=O) groups excluding carboxylic acids is 1. The van der Waals surface area contributed by atoms with Crippen molar-refractivity contribution in [1.29, 1.82) is 0 Å². The summed E-state index contributed by atoms with van der Waals surface area (Å²) < 4.78 is 1.66. The summed E-state index contributed by atoms with van der Waals surface area (Å²) in [6.45, 7) is 0.360. The summed E-state index contributed by atoms with van der Waals surface area (Å²) in [4.78, 5) is 23.7. The number of nitrogens with zero attached hydrogens (tertiary/aromatic N) is 4. The number of nitrogens with one attached hydrogen (secondary N) is 1. The number of hydrogen-bond acceptors (Lipinski definition) is 7. The number of rotatable bonds is 7. The summed E-state index contributed by atoms with van der Waals surface area (Å²) in [6.07, 6.45) is 3.62. The highest BCUT2D eigenvalue weighted by atomic mass is 35.5. The van der Waals surface area contributed by atoms with Crippen molar-refractivity contribution in [2.45, 2.75) is 28.9 Å². The molecule has 1 aliphatic rings. The van der Waals surface area contributed by atoms with Gasteiger partial charge in [0.2, 0.25) is 0 Å². The van der Waals surface area contributed by atoms with Gasteiger partial charge in [0.15, 0.2) is 5.16 Å². The molecule has 1 fully saturated rings. The van der Waals surface area contributed by atoms with Crippen LogP contribution in [0.5, 0.6) is 0 Å². The van der Waals surface area contributed by atoms with Crippen molar-refractivity contribution in [3.8, 4) is 0 Å². The predicted octanol–water partition coefficient (Wildman–Crippen LogP) is 1.76. The summed E-state index contributed by atoms with van der Waals surface area (Å²) in [5, 5.41) is 22.4. The van der Waals surface area contributed by atoms with E-state index < -0.39 is 4.92 Å². The van der Waals surface area contributed by atoms with Gasteiger partial charge in [-0.25, -0.2) is 0 Å². The van der Waals surface area contributed by atoms with E-state index in [2.05, 4.69) is 15.5 Å². The van der Waals surface area contributed by atoms with E-state index in [1.165, 1.54) is 12.4 Å². The van der Waals surface area contributed by atoms with E-state index in [1.807, 2.05) is 0 Å². The molecule has 3 N–H and O–H groups in total. The van der Waals surface area contributed by atoms with Crippen LogP contribution >= 0.6 is 24.2 Å². The molecule has 0 aliphatic heterocycles. The Kier molecular flexibility index (Phi) is 6.57. The van der Waals surface area contributed by atoms with Gasteiger partial charge in [0.05, 0.1) is 9.82 Å². The zero-order valence-corrected chi connectivity index (χ0v) is 15.6. The third-order valence-corrected chi connectivity index (χ3v) is 5.17. The number of aromatic nitrogens is 3. The molecule has 3 rings (SSSR count). The normalized spacial score (nSPS) is 14.4. The minimum atomic E-state index is -0.503. The number of benzene rings is 1. The van der Waals surface area contributed by atoms with Crippen molar-refractivity contribution in [2.24, 2.45) is 18.7 Å². The summed E-state index contributed by atoms with van der Waals surface area (Å²) in [5.74, 6) is 0.0651. The Morgan fingerprint density at radius 3 is 2.81 bits per heavy atom. The van der Waals surface area contributed by atoms with Gasteiger partial charge < -0.3 is 15.6 Å². The fourth-order valence-electron chi connectivity index (χ4n) is 2.47. The van der Waals surface area contributed by atoms with E-state index in [0.29, 0.717) is 22.5 Å². The Hall–Kier alpha value is -2.17. The molecule has 0 spiro atoms. The lowest BCUT2D eigenvalue weighted by molar-refractivity contribution is -0.387. The number of amides is 1. The summed E-state index contributed by atoms with van der Waals surface area (Å²) in [5.41, 5.74) is 5.79. The largest absolute Gasteiger partial charge is 0.348 e. The molecular weight excluding hydrogens is 380 g/mol. The first kappa shape index (κ1) is 20.1. The standard InChI is InChI=1S/C15H18N6O3S.ClH/c1-20-8-17-19-15(20)25-13-5-4-10(6-12(13)21(23)24)14(22)18-11(7-16)9-2-3-9;/h4-6,8-9,11H,2-3,7,16H2,1H3,(H,18,22);1H. The van der Waals surface area contributed by atoms with Gasteiger partial charge in [0.25, 0.3) is 11.6 Å². The number of nitrogens with two attached hydrogens (primary N) is 1. The molecular formula is C15H19ClN6O3S. The molecule has 2 aromatic rings. The van der Waals surface area contributed by atoms with Gasteiger partial charge in [0, 0.05) is 31.3 Å². The van der Waals surface area contributed by atoms with Crippen LogP contribution in [0.2, 0.25) is 0 Å². The maximum Gasteiger partial charge on any atom is 0.284 e. The highest BCUT2D eigenvalue weighted by Gasteiger charge is 2.31. The third kappa shape index (κ3) is 4.51. The second-order valence-electron chi connectivity index (χ2n) is 5.92. The van der Waals surface area contributed by atoms with Gasteiger partial charge in [-0.05, 0) is 42.7 Å². The second-order valence-corrected chi connectivity index (χ2v) is 6.93. The van der Waals surface area contributed by atoms with Crippen LogP contribution in [0.25, 0.3) is 0 Å². The van der Waals surface area contributed by atoms with E-state index in [4.69, 9.17) is 5.73 Å². The van der Waals surface area contributed by atoms with Crippen molar-refractivity contribution in [3.05, 3.63) is 40.2 Å². The lowest BCUT2D eigenvalue weighted by Gasteiger charge is -2.16. The number of aryl methyl sites for hydroxylation is 1. The lowest BCUT2D eigenvalue weighted by atomic mass is 10.1. The van der Waals surface area contributed by atoms with E-state index in [9.17, 15) is 14.9 Å². The van der Waals surface area contributed by atoms with Gasteiger partial charge in [-0.2, -0.15) is 0 Å². The lowest BCUT2D eigenvalue weighted by Crippen LogP contribution is -2.41. The van der Waals surface area contributed by atoms with Crippen LogP contribution in [0.4, 0.5) is 5.69 Å². The summed E-state index contributed by atoms with van der Waals surface area (Å²) >= 11 is 1.13. The zero-order chi connectivity index (χ0) is 18.0. The zero-order valence-electron chi connectivity index (χ0n) is 14.0. The molecule has 1 atom stereocenters. The molecule has 1 aromatic carbocycles. The van der Waals surface area contributed by atoms with Crippen molar-refractivity contribution < 1.29 is 9.72 Å². The van der Waals surface area contributed by atoms with Crippen LogP contribution in [0.1, 0.15) is 23.2 Å². The van der Waals surface area contributed by atoms with Gasteiger partial charge in [-0.15, -0.1) is 22.6 Å². The van der Waals surface area contributed by atoms with Gasteiger partial charge in [-0.1, -0.05) is 0 Å². The monoisotopic (exact) mass is 398 g/mol. The first-order valence-electron chi connectivity index (χ1n) is 7.80. The molecule has 9 nitrogen and oxygen atoms in total. The van der Waals surface area contributed by atoms with Crippen LogP contribution < -0.4 is 11.1 Å². The quantitative estimate of drug-likeness (QED) is 0.537. The molecule has 0 radical (unpaired) electrons. The average Bonchev–Trinajstić information content (AvgIpc) is 3.36. The maximum atomic E-state index is 12.4. The smallest absolute Gasteiger partial charge is 0.284 e. The molecule has 1 heterocycles. The highest BCUT2D eigenvalue weighted by Crippen LogP contribution is 2.35. The minimum Gasteiger partial charge on any atom is -0.348 e. The Morgan fingerprint density at radius 1 is 1.54 bits per heavy atom. The number of nitro groups is 1. The van der Waals surface area contributed by atoms with Gasteiger partial charge in [0.1, 0.15) is 6.33 Å². The van der Waals surface area contributed by atoms with Crippen molar-refractivity contribution in [2.75, 3.05) is 6.54 Å². The van der Waals surface area contributed by atoms with Crippen LogP contribution in [0.3, 0.4) is 0 Å². The molecule has 0 bridgehead atoms. The van der Waals surface area contributed by atoms with E-state index in [1.54, 1.807) is 23.7 Å².